The second-order valence-corrected chi connectivity index (χ2v) is 43.5. The van der Waals surface area contributed by atoms with Crippen LogP contribution in [-0.4, -0.2) is 68.8 Å². The standard InChI is InChI=1S/C45H62O9P2Si4/c1-28(49-55-50-37-20-16-29(57(4,5)6)24-33(37)34-25-30(58(7,8)9)17-21-38(34)51-55)41-42(43-44(46-41)48-45(2,3)47-43)54-56-52-39-22-18-31(59(10,11)12)26-35(39)36-27-32(60(13,14)15)19-23-40(36)53-56/h16-28,41-44H,1-15H3/t28-,41-,42+,43-,44-/m1/s1. The summed E-state index contributed by atoms with van der Waals surface area (Å²) in [6, 6.07) is 26.3. The van der Waals surface area contributed by atoms with Crippen molar-refractivity contribution in [1.82, 2.24) is 0 Å². The molecule has 0 spiro atoms. The van der Waals surface area contributed by atoms with E-state index in [2.05, 4.69) is 151 Å². The summed E-state index contributed by atoms with van der Waals surface area (Å²) in [5.74, 6) is -0.876. The molecule has 2 fully saturated rings. The second-order valence-electron chi connectivity index (χ2n) is 21.1. The Morgan fingerprint density at radius 1 is 0.517 bits per heavy atom. The van der Waals surface area contributed by atoms with E-state index < -0.39 is 85.3 Å². The predicted molar refractivity (Wildman–Crippen MR) is 260 cm³/mol. The van der Waals surface area contributed by atoms with Gasteiger partial charge >= 0.3 is 16.5 Å². The van der Waals surface area contributed by atoms with Crippen LogP contribution in [0.1, 0.15) is 20.8 Å². The highest BCUT2D eigenvalue weighted by molar-refractivity contribution is 7.32. The zero-order valence-electron chi connectivity index (χ0n) is 37.9. The fourth-order valence-electron chi connectivity index (χ4n) is 7.89. The van der Waals surface area contributed by atoms with E-state index in [-0.39, 0.29) is 0 Å². The summed E-state index contributed by atoms with van der Waals surface area (Å²) < 4.78 is 60.0. The maximum atomic E-state index is 6.96. The minimum absolute atomic E-state index is 0.568. The Hall–Kier alpha value is -2.65. The first-order valence-corrected chi connectivity index (χ1v) is 37.3. The van der Waals surface area contributed by atoms with Crippen molar-refractivity contribution in [2.24, 2.45) is 0 Å². The Bertz CT molecular complexity index is 2530. The normalized spacial score (nSPS) is 21.6. The maximum Gasteiger partial charge on any atom is 0.387 e. The molecule has 15 heteroatoms. The van der Waals surface area contributed by atoms with E-state index in [9.17, 15) is 0 Å². The van der Waals surface area contributed by atoms with Crippen molar-refractivity contribution < 1.29 is 40.0 Å². The van der Waals surface area contributed by atoms with Crippen molar-refractivity contribution in [2.75, 3.05) is 0 Å². The third-order valence-electron chi connectivity index (χ3n) is 11.6. The Morgan fingerprint density at radius 3 is 1.22 bits per heavy atom. The molecule has 2 saturated heterocycles. The smallest absolute Gasteiger partial charge is 0.387 e. The van der Waals surface area contributed by atoms with Crippen molar-refractivity contribution in [3.63, 3.8) is 0 Å². The van der Waals surface area contributed by atoms with Gasteiger partial charge in [-0.3, -0.25) is 9.05 Å². The molecule has 0 unspecified atom stereocenters. The summed E-state index contributed by atoms with van der Waals surface area (Å²) in [7, 11) is -10.5. The summed E-state index contributed by atoms with van der Waals surface area (Å²) >= 11 is 0. The number of fused-ring (bicyclic) bond motifs is 7. The van der Waals surface area contributed by atoms with Gasteiger partial charge < -0.3 is 31.0 Å². The first-order chi connectivity index (χ1) is 27.8. The maximum absolute atomic E-state index is 6.96. The average molecular weight is 921 g/mol. The first kappa shape index (κ1) is 44.0. The molecule has 2 aliphatic rings. The SMILES string of the molecule is C[C@@H](Op1oc2ccc([Si](C)(C)C)cc2c2cc([Si](C)(C)C)ccc2o1)[C@H]1O[C@@H]2OC(C)(C)O[C@@H]2[C@H]1Op1oc2ccc([Si](C)(C)C)cc2c2cc([Si](C)(C)C)ccc2o1. The van der Waals surface area contributed by atoms with Crippen LogP contribution in [0.2, 0.25) is 78.6 Å². The number of rotatable bonds is 9. The molecule has 4 aromatic carbocycles. The van der Waals surface area contributed by atoms with Crippen molar-refractivity contribution in [1.29, 1.82) is 0 Å². The highest BCUT2D eigenvalue weighted by Gasteiger charge is 2.58. The molecule has 9 nitrogen and oxygen atoms in total. The van der Waals surface area contributed by atoms with Gasteiger partial charge in [0.05, 0.1) is 38.4 Å². The van der Waals surface area contributed by atoms with Gasteiger partial charge in [0.1, 0.15) is 40.6 Å². The highest BCUT2D eigenvalue weighted by atomic mass is 31.1. The lowest BCUT2D eigenvalue weighted by atomic mass is 10.1. The van der Waals surface area contributed by atoms with Crippen LogP contribution in [0.25, 0.3) is 43.9 Å². The molecule has 0 radical (unpaired) electrons. The van der Waals surface area contributed by atoms with Crippen molar-refractivity contribution in [2.45, 2.75) is 136 Å². The third kappa shape index (κ3) is 8.92. The van der Waals surface area contributed by atoms with Gasteiger partial charge in [0.15, 0.2) is 12.1 Å². The molecule has 2 aliphatic heterocycles. The van der Waals surface area contributed by atoms with Gasteiger partial charge in [-0.15, -0.1) is 0 Å². The molecule has 60 heavy (non-hydrogen) atoms. The number of hydrogen-bond donors (Lipinski definition) is 0. The highest BCUT2D eigenvalue weighted by Crippen LogP contribution is 2.44. The number of benzene rings is 4. The molecule has 2 aromatic heterocycles. The molecule has 4 heterocycles. The molecule has 322 valence electrons. The molecular formula is C45H62O9P2Si4. The number of hydrogen-bond acceptors (Lipinski definition) is 9. The van der Waals surface area contributed by atoms with E-state index in [0.29, 0.717) is 0 Å². The Labute approximate surface area is 360 Å². The van der Waals surface area contributed by atoms with E-state index in [0.717, 1.165) is 43.9 Å². The van der Waals surface area contributed by atoms with Gasteiger partial charge in [-0.05, 0) is 45.0 Å². The molecule has 0 aliphatic carbocycles. The van der Waals surface area contributed by atoms with Gasteiger partial charge in [-0.2, -0.15) is 0 Å². The molecule has 0 N–H and O–H groups in total. The fourth-order valence-corrected chi connectivity index (χ4v) is 14.9. The van der Waals surface area contributed by atoms with Gasteiger partial charge in [-0.1, -0.05) is 148 Å². The number of ether oxygens (including phenoxy) is 3. The Balaban J connectivity index is 1.21. The van der Waals surface area contributed by atoms with E-state index >= 15 is 0 Å². The molecule has 0 bridgehead atoms. The molecule has 0 amide bonds. The topological polar surface area (TPSA) is 98.7 Å². The second kappa shape index (κ2) is 15.6. The summed E-state index contributed by atoms with van der Waals surface area (Å²) in [5.41, 5.74) is 2.93. The van der Waals surface area contributed by atoms with Gasteiger partial charge in [0.2, 0.25) is 0 Å². The van der Waals surface area contributed by atoms with Crippen molar-refractivity contribution in [3.8, 4) is 0 Å². The molecule has 5 atom stereocenters. The average Bonchev–Trinajstić information content (AvgIpc) is 3.48. The third-order valence-corrected chi connectivity index (χ3v) is 22.1. The van der Waals surface area contributed by atoms with Crippen LogP contribution in [0.5, 0.6) is 0 Å². The lowest BCUT2D eigenvalue weighted by molar-refractivity contribution is -0.218. The van der Waals surface area contributed by atoms with Gasteiger partial charge in [-0.25, -0.2) is 0 Å². The molecular weight excluding hydrogens is 859 g/mol. The molecule has 6 aromatic rings. The van der Waals surface area contributed by atoms with Crippen molar-refractivity contribution in [3.05, 3.63) is 72.8 Å². The van der Waals surface area contributed by atoms with Crippen LogP contribution in [-0.2, 0) is 14.2 Å². The van der Waals surface area contributed by atoms with Crippen LogP contribution in [0.4, 0.5) is 0 Å². The van der Waals surface area contributed by atoms with E-state index in [1.165, 1.54) is 20.7 Å². The lowest BCUT2D eigenvalue weighted by Crippen LogP contribution is -2.44. The van der Waals surface area contributed by atoms with E-state index in [1.807, 2.05) is 20.8 Å². The summed E-state index contributed by atoms with van der Waals surface area (Å²) in [4.78, 5) is 0. The van der Waals surface area contributed by atoms with E-state index in [4.69, 9.17) is 40.0 Å². The van der Waals surface area contributed by atoms with Gasteiger partial charge in [0.25, 0.3) is 0 Å². The van der Waals surface area contributed by atoms with E-state index in [1.54, 1.807) is 0 Å². The summed E-state index contributed by atoms with van der Waals surface area (Å²) in [6.07, 6.45) is -3.15. The quantitative estimate of drug-likeness (QED) is 0.131. The summed E-state index contributed by atoms with van der Waals surface area (Å²) in [6.45, 7) is 34.1. The minimum Gasteiger partial charge on any atom is -0.399 e. The lowest BCUT2D eigenvalue weighted by Gasteiger charge is -2.27. The first-order valence-electron chi connectivity index (χ1n) is 21.1. The van der Waals surface area contributed by atoms with Crippen LogP contribution >= 0.6 is 16.5 Å². The minimum atomic E-state index is -1.98. The zero-order chi connectivity index (χ0) is 43.3. The monoisotopic (exact) mass is 920 g/mol. The van der Waals surface area contributed by atoms with Gasteiger partial charge in [0, 0.05) is 21.5 Å². The Kier molecular flexibility index (Phi) is 11.4. The van der Waals surface area contributed by atoms with Crippen LogP contribution < -0.4 is 29.8 Å². The largest absolute Gasteiger partial charge is 0.399 e. The zero-order valence-corrected chi connectivity index (χ0v) is 43.7. The van der Waals surface area contributed by atoms with Crippen LogP contribution in [0.3, 0.4) is 0 Å². The predicted octanol–water partition coefficient (Wildman–Crippen LogP) is 11.3. The van der Waals surface area contributed by atoms with Crippen LogP contribution in [0, 0.1) is 0 Å². The van der Waals surface area contributed by atoms with Crippen molar-refractivity contribution >= 4 is 113 Å². The Morgan fingerprint density at radius 2 is 0.867 bits per heavy atom. The van der Waals surface area contributed by atoms with Crippen LogP contribution in [0.15, 0.2) is 89.6 Å². The molecule has 0 saturated carbocycles. The fraction of sp³-hybridized carbons (Fsp3) is 0.467. The molecule has 8 rings (SSSR count). The summed E-state index contributed by atoms with van der Waals surface area (Å²) in [5, 5.41) is 9.51.